The molecule has 0 aliphatic rings. The van der Waals surface area contributed by atoms with Crippen LogP contribution < -0.4 is 10.0 Å². The Labute approximate surface area is 168 Å². The maximum absolute atomic E-state index is 12.7. The molecule has 3 aromatic rings. The van der Waals surface area contributed by atoms with Crippen LogP contribution in [0.4, 0.5) is 5.69 Å². The number of nitrogens with zero attached hydrogens (tertiary/aromatic N) is 1. The van der Waals surface area contributed by atoms with Crippen LogP contribution in [-0.2, 0) is 21.4 Å². The predicted octanol–water partition coefficient (Wildman–Crippen LogP) is 3.95. The summed E-state index contributed by atoms with van der Waals surface area (Å²) in [5, 5.41) is 6.73. The zero-order chi connectivity index (χ0) is 20.1. The fourth-order valence-electron chi connectivity index (χ4n) is 2.70. The fourth-order valence-corrected chi connectivity index (χ4v) is 4.61. The van der Waals surface area contributed by atoms with Crippen LogP contribution >= 0.6 is 11.3 Å². The Bertz CT molecular complexity index is 1080. The van der Waals surface area contributed by atoms with Crippen LogP contribution in [0.15, 0.2) is 58.4 Å². The lowest BCUT2D eigenvalue weighted by molar-refractivity contribution is -0.115. The number of amides is 1. The Morgan fingerprint density at radius 3 is 2.64 bits per heavy atom. The molecule has 0 aliphatic carbocycles. The van der Waals surface area contributed by atoms with Gasteiger partial charge >= 0.3 is 0 Å². The van der Waals surface area contributed by atoms with Gasteiger partial charge in [-0.2, -0.15) is 11.3 Å². The molecular weight excluding hydrogens is 394 g/mol. The summed E-state index contributed by atoms with van der Waals surface area (Å²) >= 11 is 1.60. The monoisotopic (exact) mass is 415 g/mol. The third-order valence-electron chi connectivity index (χ3n) is 4.19. The van der Waals surface area contributed by atoms with Crippen molar-refractivity contribution in [2.24, 2.45) is 0 Å². The molecule has 1 amide bonds. The number of pyridine rings is 1. The van der Waals surface area contributed by atoms with Crippen molar-refractivity contribution in [3.05, 3.63) is 64.6 Å². The quantitative estimate of drug-likeness (QED) is 0.612. The number of aromatic nitrogens is 1. The van der Waals surface area contributed by atoms with Crippen molar-refractivity contribution in [3.8, 4) is 11.1 Å². The van der Waals surface area contributed by atoms with Gasteiger partial charge in [0.25, 0.3) is 0 Å². The molecule has 0 spiro atoms. The van der Waals surface area contributed by atoms with Gasteiger partial charge in [0.2, 0.25) is 15.9 Å². The zero-order valence-corrected chi connectivity index (χ0v) is 17.2. The Morgan fingerprint density at radius 2 is 1.96 bits per heavy atom. The lowest BCUT2D eigenvalue weighted by Gasteiger charge is -2.12. The number of sulfonamides is 1. The van der Waals surface area contributed by atoms with E-state index in [2.05, 4.69) is 15.0 Å². The van der Waals surface area contributed by atoms with Crippen LogP contribution in [0.5, 0.6) is 0 Å². The van der Waals surface area contributed by atoms with Crippen LogP contribution in [0.25, 0.3) is 11.1 Å². The van der Waals surface area contributed by atoms with Gasteiger partial charge in [0, 0.05) is 36.6 Å². The Balaban J connectivity index is 1.74. The summed E-state index contributed by atoms with van der Waals surface area (Å²) in [5.74, 6) is -0.119. The van der Waals surface area contributed by atoms with Crippen LogP contribution in [0.1, 0.15) is 24.5 Å². The van der Waals surface area contributed by atoms with Crippen LogP contribution in [0, 0.1) is 6.92 Å². The summed E-state index contributed by atoms with van der Waals surface area (Å²) in [6, 6.07) is 8.67. The second kappa shape index (κ2) is 8.64. The van der Waals surface area contributed by atoms with Crippen molar-refractivity contribution in [2.45, 2.75) is 31.7 Å². The Kier molecular flexibility index (Phi) is 6.23. The van der Waals surface area contributed by atoms with Gasteiger partial charge in [-0.25, -0.2) is 13.1 Å². The molecule has 2 heterocycles. The van der Waals surface area contributed by atoms with E-state index in [4.69, 9.17) is 0 Å². The lowest BCUT2D eigenvalue weighted by Crippen LogP contribution is -2.24. The van der Waals surface area contributed by atoms with Gasteiger partial charge in [-0.05, 0) is 64.7 Å². The van der Waals surface area contributed by atoms with E-state index in [1.165, 1.54) is 6.07 Å². The minimum atomic E-state index is -3.70. The molecule has 0 atom stereocenters. The summed E-state index contributed by atoms with van der Waals surface area (Å²) in [7, 11) is -3.70. The molecule has 2 N–H and O–H groups in total. The van der Waals surface area contributed by atoms with E-state index in [9.17, 15) is 13.2 Å². The van der Waals surface area contributed by atoms with E-state index in [1.807, 2.05) is 22.9 Å². The number of carbonyl (C=O) groups excluding carboxylic acids is 1. The smallest absolute Gasteiger partial charge is 0.241 e. The maximum Gasteiger partial charge on any atom is 0.241 e. The minimum absolute atomic E-state index is 0.119. The second-order valence-corrected chi connectivity index (χ2v) is 8.82. The normalized spacial score (nSPS) is 11.4. The van der Waals surface area contributed by atoms with E-state index in [0.29, 0.717) is 17.7 Å². The molecule has 28 heavy (non-hydrogen) atoms. The second-order valence-electron chi connectivity index (χ2n) is 6.30. The standard InChI is InChI=1S/C20H21N3O3S2/c1-3-20(24)23-18-4-5-19(14(2)8-18)28(25,26)22-11-15-9-17(12-21-10-15)16-6-7-27-13-16/h4-10,12-13,22H,3,11H2,1-2H3,(H,23,24). The van der Waals surface area contributed by atoms with Gasteiger partial charge in [-0.3, -0.25) is 9.78 Å². The SMILES string of the molecule is CCC(=O)Nc1ccc(S(=O)(=O)NCc2cncc(-c3ccsc3)c2)c(C)c1. The van der Waals surface area contributed by atoms with E-state index in [-0.39, 0.29) is 17.3 Å². The van der Waals surface area contributed by atoms with E-state index >= 15 is 0 Å². The summed E-state index contributed by atoms with van der Waals surface area (Å²) in [4.78, 5) is 15.9. The van der Waals surface area contributed by atoms with Gasteiger partial charge in [-0.1, -0.05) is 6.92 Å². The number of hydrogen-bond acceptors (Lipinski definition) is 5. The third kappa shape index (κ3) is 4.83. The van der Waals surface area contributed by atoms with Crippen molar-refractivity contribution < 1.29 is 13.2 Å². The summed E-state index contributed by atoms with van der Waals surface area (Å²) < 4.78 is 28.0. The number of rotatable bonds is 7. The molecule has 1 aromatic carbocycles. The molecule has 2 aromatic heterocycles. The zero-order valence-electron chi connectivity index (χ0n) is 15.6. The van der Waals surface area contributed by atoms with Gasteiger partial charge in [-0.15, -0.1) is 0 Å². The van der Waals surface area contributed by atoms with E-state index in [1.54, 1.807) is 49.7 Å². The minimum Gasteiger partial charge on any atom is -0.326 e. The molecule has 8 heteroatoms. The average Bonchev–Trinajstić information content (AvgIpc) is 3.21. The van der Waals surface area contributed by atoms with Crippen molar-refractivity contribution in [1.29, 1.82) is 0 Å². The number of hydrogen-bond donors (Lipinski definition) is 2. The molecule has 0 radical (unpaired) electrons. The molecule has 0 unspecified atom stereocenters. The van der Waals surface area contributed by atoms with Crippen molar-refractivity contribution in [1.82, 2.24) is 9.71 Å². The van der Waals surface area contributed by atoms with Crippen molar-refractivity contribution in [2.75, 3.05) is 5.32 Å². The maximum atomic E-state index is 12.7. The van der Waals surface area contributed by atoms with Gasteiger partial charge in [0.1, 0.15) is 0 Å². The van der Waals surface area contributed by atoms with Gasteiger partial charge < -0.3 is 5.32 Å². The van der Waals surface area contributed by atoms with Gasteiger partial charge in [0.15, 0.2) is 0 Å². The van der Waals surface area contributed by atoms with Crippen molar-refractivity contribution >= 4 is 33.0 Å². The topological polar surface area (TPSA) is 88.2 Å². The van der Waals surface area contributed by atoms with Crippen LogP contribution in [0.3, 0.4) is 0 Å². The lowest BCUT2D eigenvalue weighted by atomic mass is 10.1. The van der Waals surface area contributed by atoms with E-state index < -0.39 is 10.0 Å². The number of anilines is 1. The number of carbonyl (C=O) groups is 1. The summed E-state index contributed by atoms with van der Waals surface area (Å²) in [6.07, 6.45) is 3.77. The highest BCUT2D eigenvalue weighted by Crippen LogP contribution is 2.23. The molecule has 146 valence electrons. The first kappa shape index (κ1) is 20.2. The number of benzene rings is 1. The number of thiophene rings is 1. The molecule has 0 saturated heterocycles. The molecule has 0 saturated carbocycles. The largest absolute Gasteiger partial charge is 0.326 e. The molecule has 6 nitrogen and oxygen atoms in total. The number of aryl methyl sites for hydroxylation is 1. The molecule has 0 aliphatic heterocycles. The first-order chi connectivity index (χ1) is 13.4. The average molecular weight is 416 g/mol. The van der Waals surface area contributed by atoms with Crippen LogP contribution in [-0.4, -0.2) is 19.3 Å². The van der Waals surface area contributed by atoms with Gasteiger partial charge in [0.05, 0.1) is 4.90 Å². The molecule has 3 rings (SSSR count). The number of nitrogens with one attached hydrogen (secondary N) is 2. The highest BCUT2D eigenvalue weighted by molar-refractivity contribution is 7.89. The third-order valence-corrected chi connectivity index (χ3v) is 6.43. The Morgan fingerprint density at radius 1 is 1.14 bits per heavy atom. The molecule has 0 bridgehead atoms. The summed E-state index contributed by atoms with van der Waals surface area (Å²) in [6.45, 7) is 3.60. The summed E-state index contributed by atoms with van der Waals surface area (Å²) in [5.41, 5.74) is 3.92. The van der Waals surface area contributed by atoms with Crippen LogP contribution in [0.2, 0.25) is 0 Å². The van der Waals surface area contributed by atoms with E-state index in [0.717, 1.165) is 16.7 Å². The molecular formula is C20H21N3O3S2. The highest BCUT2D eigenvalue weighted by atomic mass is 32.2. The first-order valence-corrected chi connectivity index (χ1v) is 11.2. The Hall–Kier alpha value is -2.55. The first-order valence-electron chi connectivity index (χ1n) is 8.75. The van der Waals surface area contributed by atoms with Crippen molar-refractivity contribution in [3.63, 3.8) is 0 Å². The molecule has 0 fully saturated rings. The highest BCUT2D eigenvalue weighted by Gasteiger charge is 2.17. The fraction of sp³-hybridized carbons (Fsp3) is 0.200. The predicted molar refractivity (Wildman–Crippen MR) is 112 cm³/mol.